The van der Waals surface area contributed by atoms with Crippen LogP contribution in [-0.4, -0.2) is 9.13 Å². The summed E-state index contributed by atoms with van der Waals surface area (Å²) in [5, 5.41) is 0.556. The van der Waals surface area contributed by atoms with E-state index in [9.17, 15) is 8.22 Å². The van der Waals surface area contributed by atoms with Gasteiger partial charge < -0.3 is 9.13 Å². The largest absolute Gasteiger partial charge is 0.309 e. The van der Waals surface area contributed by atoms with Gasteiger partial charge in [-0.3, -0.25) is 0 Å². The fraction of sp³-hybridized carbons (Fsp3) is 0. The molecule has 0 spiro atoms. The topological polar surface area (TPSA) is 9.86 Å². The Balaban J connectivity index is 1.33. The standard InChI is InChI=1S/C48H32N2/c1-3-12-33(13-4-1)35-22-24-37(25-23-35)38-16-11-17-40(32-38)50-44-21-10-8-19-42(44)48-46(50)31-30-45-47(48)41-18-7-9-20-43(41)49(45)39-28-26-36(27-29-39)34-14-5-2-6-15-34/h1-32H/i7D,8D,9D,10D,18D,19D,20D,21D,30D,31D. The van der Waals surface area contributed by atoms with Gasteiger partial charge in [0.15, 0.2) is 0 Å². The molecule has 10 rings (SSSR count). The first-order valence-electron chi connectivity index (χ1n) is 21.4. The highest BCUT2D eigenvalue weighted by Crippen LogP contribution is 2.42. The van der Waals surface area contributed by atoms with E-state index in [2.05, 4.69) is 0 Å². The van der Waals surface area contributed by atoms with Crippen molar-refractivity contribution in [3.63, 3.8) is 0 Å². The molecule has 50 heavy (non-hydrogen) atoms. The van der Waals surface area contributed by atoms with E-state index in [0.717, 1.165) is 33.4 Å². The van der Waals surface area contributed by atoms with Gasteiger partial charge in [-0.05, 0) is 81.8 Å². The van der Waals surface area contributed by atoms with E-state index in [4.69, 9.17) is 5.48 Å². The monoisotopic (exact) mass is 646 g/mol. The number of fused-ring (bicyclic) bond motifs is 7. The predicted octanol–water partition coefficient (Wildman–Crippen LogP) is 12.9. The molecule has 0 fully saturated rings. The quantitative estimate of drug-likeness (QED) is 0.176. The van der Waals surface area contributed by atoms with Crippen LogP contribution in [-0.2, 0) is 0 Å². The molecule has 2 heterocycles. The average molecular weight is 647 g/mol. The van der Waals surface area contributed by atoms with E-state index in [1.165, 1.54) is 0 Å². The molecule has 2 nitrogen and oxygen atoms in total. The minimum atomic E-state index is -0.490. The number of aromatic nitrogens is 2. The highest BCUT2D eigenvalue weighted by Gasteiger charge is 2.20. The SMILES string of the molecule is [2H]c1c([2H])c([2H])c2c(c1[2H])c1c3c4c([2H])c([2H])c([2H])c([2H])c4n(-c4cccc(-c5ccc(-c6ccccc6)cc5)c4)c3c([2H])c([2H])c1n2-c1ccc(-c2ccccc2)cc1. The summed E-state index contributed by atoms with van der Waals surface area (Å²) in [4.78, 5) is 0. The smallest absolute Gasteiger partial charge is 0.0646 e. The summed E-state index contributed by atoms with van der Waals surface area (Å²) >= 11 is 0. The van der Waals surface area contributed by atoms with Crippen molar-refractivity contribution in [3.8, 4) is 44.8 Å². The van der Waals surface area contributed by atoms with Crippen molar-refractivity contribution in [3.05, 3.63) is 194 Å². The van der Waals surface area contributed by atoms with Crippen LogP contribution in [0.1, 0.15) is 13.7 Å². The van der Waals surface area contributed by atoms with Crippen molar-refractivity contribution >= 4 is 43.6 Å². The Morgan fingerprint density at radius 1 is 0.320 bits per heavy atom. The molecule has 0 aliphatic rings. The fourth-order valence-electron chi connectivity index (χ4n) is 7.10. The van der Waals surface area contributed by atoms with E-state index in [0.29, 0.717) is 11.4 Å². The van der Waals surface area contributed by atoms with Crippen molar-refractivity contribution in [1.82, 2.24) is 9.13 Å². The molecule has 0 unspecified atom stereocenters. The van der Waals surface area contributed by atoms with Crippen LogP contribution in [0.5, 0.6) is 0 Å². The lowest BCUT2D eigenvalue weighted by Crippen LogP contribution is -1.95. The molecular formula is C48H32N2. The summed E-state index contributed by atoms with van der Waals surface area (Å²) in [5.74, 6) is 0. The molecule has 0 saturated carbocycles. The lowest BCUT2D eigenvalue weighted by molar-refractivity contribution is 1.17. The number of rotatable bonds is 5. The van der Waals surface area contributed by atoms with Crippen LogP contribution < -0.4 is 0 Å². The minimum Gasteiger partial charge on any atom is -0.309 e. The Morgan fingerprint density at radius 2 is 0.740 bits per heavy atom. The predicted molar refractivity (Wildman–Crippen MR) is 211 cm³/mol. The second-order valence-electron chi connectivity index (χ2n) is 12.2. The van der Waals surface area contributed by atoms with Crippen LogP contribution in [0.3, 0.4) is 0 Å². The molecular weight excluding hydrogens is 605 g/mol. The molecule has 234 valence electrons. The van der Waals surface area contributed by atoms with Crippen LogP contribution >= 0.6 is 0 Å². The first-order valence-corrected chi connectivity index (χ1v) is 16.4. The van der Waals surface area contributed by atoms with Gasteiger partial charge in [0.1, 0.15) is 0 Å². The van der Waals surface area contributed by atoms with Crippen molar-refractivity contribution in [2.45, 2.75) is 0 Å². The fourth-order valence-corrected chi connectivity index (χ4v) is 7.10. The summed E-state index contributed by atoms with van der Waals surface area (Å²) < 4.78 is 94.8. The third-order valence-corrected chi connectivity index (χ3v) is 9.42. The average Bonchev–Trinajstić information content (AvgIpc) is 3.84. The summed E-state index contributed by atoms with van der Waals surface area (Å²) in [6.45, 7) is 0. The van der Waals surface area contributed by atoms with Gasteiger partial charge in [-0.15, -0.1) is 0 Å². The highest BCUT2D eigenvalue weighted by atomic mass is 15.0. The van der Waals surface area contributed by atoms with Crippen LogP contribution in [0.15, 0.2) is 194 Å². The normalized spacial score (nSPS) is 14.4. The Morgan fingerprint density at radius 3 is 1.28 bits per heavy atom. The molecule has 0 N–H and O–H groups in total. The zero-order valence-corrected chi connectivity index (χ0v) is 26.6. The second kappa shape index (κ2) is 11.5. The molecule has 0 aliphatic carbocycles. The third-order valence-electron chi connectivity index (χ3n) is 9.42. The van der Waals surface area contributed by atoms with Crippen LogP contribution in [0.4, 0.5) is 0 Å². The molecule has 8 aromatic carbocycles. The van der Waals surface area contributed by atoms with Crippen LogP contribution in [0.25, 0.3) is 88.4 Å². The van der Waals surface area contributed by atoms with Crippen LogP contribution in [0.2, 0.25) is 0 Å². The molecule has 10 aromatic rings. The Labute approximate surface area is 304 Å². The van der Waals surface area contributed by atoms with Crippen LogP contribution in [0, 0.1) is 0 Å². The van der Waals surface area contributed by atoms with Gasteiger partial charge in [0.2, 0.25) is 0 Å². The van der Waals surface area contributed by atoms with Gasteiger partial charge in [0.25, 0.3) is 0 Å². The summed E-state index contributed by atoms with van der Waals surface area (Å²) in [6, 6.07) is 38.8. The number of hydrogen-bond donors (Lipinski definition) is 0. The maximum absolute atomic E-state index is 9.73. The van der Waals surface area contributed by atoms with Gasteiger partial charge in [0, 0.05) is 32.9 Å². The number of nitrogens with zero attached hydrogens (tertiary/aromatic N) is 2. The van der Waals surface area contributed by atoms with Crippen molar-refractivity contribution < 1.29 is 13.7 Å². The Bertz CT molecular complexity index is 3390. The van der Waals surface area contributed by atoms with Gasteiger partial charge >= 0.3 is 0 Å². The Kier molecular flexibility index (Phi) is 4.60. The maximum Gasteiger partial charge on any atom is 0.0646 e. The Hall–Kier alpha value is -6.64. The summed E-state index contributed by atoms with van der Waals surface area (Å²) in [6.07, 6.45) is 0. The zero-order chi connectivity index (χ0) is 41.7. The third kappa shape index (κ3) is 4.50. The first kappa shape index (κ1) is 20.0. The molecule has 0 atom stereocenters. The van der Waals surface area contributed by atoms with E-state index in [-0.39, 0.29) is 79.9 Å². The number of benzene rings is 8. The van der Waals surface area contributed by atoms with Crippen molar-refractivity contribution in [1.29, 1.82) is 0 Å². The van der Waals surface area contributed by atoms with Gasteiger partial charge in [-0.1, -0.05) is 145 Å². The first-order chi connectivity index (χ1) is 29.0. The molecule has 0 saturated heterocycles. The van der Waals surface area contributed by atoms with Gasteiger partial charge in [0.05, 0.1) is 35.8 Å². The van der Waals surface area contributed by atoms with E-state index in [1.807, 2.05) is 127 Å². The summed E-state index contributed by atoms with van der Waals surface area (Å²) in [7, 11) is 0. The van der Waals surface area contributed by atoms with Gasteiger partial charge in [-0.2, -0.15) is 0 Å². The number of hydrogen-bond acceptors (Lipinski definition) is 0. The van der Waals surface area contributed by atoms with Crippen molar-refractivity contribution in [2.24, 2.45) is 0 Å². The lowest BCUT2D eigenvalue weighted by atomic mass is 10.00. The highest BCUT2D eigenvalue weighted by molar-refractivity contribution is 6.28. The molecule has 0 bridgehead atoms. The minimum absolute atomic E-state index is 0.0815. The number of para-hydroxylation sites is 2. The maximum atomic E-state index is 9.73. The van der Waals surface area contributed by atoms with E-state index in [1.54, 1.807) is 15.2 Å². The molecule has 0 aliphatic heterocycles. The second-order valence-corrected chi connectivity index (χ2v) is 12.2. The summed E-state index contributed by atoms with van der Waals surface area (Å²) in [5.41, 5.74) is 7.10. The van der Waals surface area contributed by atoms with Crippen molar-refractivity contribution in [2.75, 3.05) is 0 Å². The van der Waals surface area contributed by atoms with E-state index >= 15 is 0 Å². The van der Waals surface area contributed by atoms with Gasteiger partial charge in [-0.25, -0.2) is 0 Å². The molecule has 2 heteroatoms. The lowest BCUT2D eigenvalue weighted by Gasteiger charge is -2.12. The molecule has 2 aromatic heterocycles. The molecule has 0 amide bonds. The van der Waals surface area contributed by atoms with E-state index < -0.39 is 24.2 Å². The zero-order valence-electron chi connectivity index (χ0n) is 36.6. The molecule has 0 radical (unpaired) electrons.